The molecule has 2 N–H and O–H groups in total. The molecular weight excluding hydrogens is 162 g/mol. The first-order valence-corrected chi connectivity index (χ1v) is 3.91. The van der Waals surface area contributed by atoms with E-state index in [1.54, 1.807) is 6.07 Å². The van der Waals surface area contributed by atoms with Crippen LogP contribution in [0.3, 0.4) is 0 Å². The van der Waals surface area contributed by atoms with Crippen molar-refractivity contribution in [2.24, 2.45) is 0 Å². The van der Waals surface area contributed by atoms with Gasteiger partial charge >= 0.3 is 5.97 Å². The number of hydrogen-bond donors (Lipinski definition) is 1. The zero-order valence-electron chi connectivity index (χ0n) is 6.38. The van der Waals surface area contributed by atoms with Gasteiger partial charge in [0.05, 0.1) is 17.7 Å². The van der Waals surface area contributed by atoms with E-state index in [0.29, 0.717) is 10.6 Å². The summed E-state index contributed by atoms with van der Waals surface area (Å²) in [4.78, 5) is 11.9. The standard InChI is InChI=1S/C7H9NO2S/c1-4-5(7(9)10-2)3-6(8)11-4/h3H,8H2,1-2H3. The van der Waals surface area contributed by atoms with Gasteiger partial charge in [0.15, 0.2) is 0 Å². The van der Waals surface area contributed by atoms with Crippen molar-refractivity contribution in [1.82, 2.24) is 0 Å². The van der Waals surface area contributed by atoms with Crippen LogP contribution in [0.5, 0.6) is 0 Å². The van der Waals surface area contributed by atoms with E-state index in [4.69, 9.17) is 5.73 Å². The Bertz CT molecular complexity index is 280. The van der Waals surface area contributed by atoms with Gasteiger partial charge < -0.3 is 10.5 Å². The van der Waals surface area contributed by atoms with Gasteiger partial charge in [-0.05, 0) is 13.0 Å². The van der Waals surface area contributed by atoms with E-state index >= 15 is 0 Å². The van der Waals surface area contributed by atoms with Crippen LogP contribution in [-0.4, -0.2) is 13.1 Å². The SMILES string of the molecule is COC(=O)c1cc(N)sc1C. The Balaban J connectivity index is 3.03. The van der Waals surface area contributed by atoms with Gasteiger partial charge in [0.2, 0.25) is 0 Å². The van der Waals surface area contributed by atoms with Crippen molar-refractivity contribution in [3.63, 3.8) is 0 Å². The molecule has 0 spiro atoms. The summed E-state index contributed by atoms with van der Waals surface area (Å²) in [6.45, 7) is 1.84. The molecule has 0 radical (unpaired) electrons. The van der Waals surface area contributed by atoms with Gasteiger partial charge in [-0.1, -0.05) is 0 Å². The number of carbonyl (C=O) groups is 1. The van der Waals surface area contributed by atoms with E-state index in [1.165, 1.54) is 18.4 Å². The van der Waals surface area contributed by atoms with Crippen LogP contribution in [0.2, 0.25) is 0 Å². The van der Waals surface area contributed by atoms with Crippen LogP contribution >= 0.6 is 11.3 Å². The minimum Gasteiger partial charge on any atom is -0.465 e. The number of esters is 1. The first-order chi connectivity index (χ1) is 5.15. The number of nitrogen functional groups attached to an aromatic ring is 1. The number of aryl methyl sites for hydroxylation is 1. The number of thiophene rings is 1. The predicted molar refractivity (Wildman–Crippen MR) is 44.8 cm³/mol. The smallest absolute Gasteiger partial charge is 0.339 e. The van der Waals surface area contributed by atoms with Gasteiger partial charge in [0.25, 0.3) is 0 Å². The molecule has 0 atom stereocenters. The quantitative estimate of drug-likeness (QED) is 0.650. The average Bonchev–Trinajstić information content (AvgIpc) is 2.28. The molecule has 0 unspecified atom stereocenters. The van der Waals surface area contributed by atoms with Gasteiger partial charge in [-0.15, -0.1) is 11.3 Å². The topological polar surface area (TPSA) is 52.3 Å². The number of carbonyl (C=O) groups excluding carboxylic acids is 1. The maximum Gasteiger partial charge on any atom is 0.339 e. The summed E-state index contributed by atoms with van der Waals surface area (Å²) in [5.41, 5.74) is 6.05. The number of hydrogen-bond acceptors (Lipinski definition) is 4. The Hall–Kier alpha value is -1.03. The van der Waals surface area contributed by atoms with Crippen molar-refractivity contribution < 1.29 is 9.53 Å². The monoisotopic (exact) mass is 171 g/mol. The second-order valence-corrected chi connectivity index (χ2v) is 3.40. The van der Waals surface area contributed by atoms with Crippen molar-refractivity contribution in [2.75, 3.05) is 12.8 Å². The number of anilines is 1. The van der Waals surface area contributed by atoms with Crippen molar-refractivity contribution >= 4 is 22.3 Å². The first kappa shape index (κ1) is 8.07. The van der Waals surface area contributed by atoms with Crippen LogP contribution in [0.1, 0.15) is 15.2 Å². The van der Waals surface area contributed by atoms with Gasteiger partial charge in [0, 0.05) is 4.88 Å². The third-order valence-electron chi connectivity index (χ3n) is 1.34. The molecule has 0 aliphatic carbocycles. The maximum atomic E-state index is 11.0. The largest absolute Gasteiger partial charge is 0.465 e. The highest BCUT2D eigenvalue weighted by Crippen LogP contribution is 2.23. The van der Waals surface area contributed by atoms with Crippen LogP contribution in [-0.2, 0) is 4.74 Å². The highest BCUT2D eigenvalue weighted by atomic mass is 32.1. The molecule has 0 saturated carbocycles. The number of rotatable bonds is 1. The molecular formula is C7H9NO2S. The molecule has 1 aromatic heterocycles. The van der Waals surface area contributed by atoms with E-state index in [0.717, 1.165) is 4.88 Å². The van der Waals surface area contributed by atoms with Gasteiger partial charge in [-0.3, -0.25) is 0 Å². The highest BCUT2D eigenvalue weighted by Gasteiger charge is 2.11. The Kier molecular flexibility index (Phi) is 2.14. The minimum atomic E-state index is -0.324. The van der Waals surface area contributed by atoms with Crippen LogP contribution < -0.4 is 5.73 Å². The van der Waals surface area contributed by atoms with Gasteiger partial charge in [-0.25, -0.2) is 4.79 Å². The lowest BCUT2D eigenvalue weighted by molar-refractivity contribution is 0.0600. The van der Waals surface area contributed by atoms with Gasteiger partial charge in [-0.2, -0.15) is 0 Å². The Morgan fingerprint density at radius 1 is 1.73 bits per heavy atom. The second kappa shape index (κ2) is 2.92. The average molecular weight is 171 g/mol. The Morgan fingerprint density at radius 3 is 2.73 bits per heavy atom. The zero-order valence-corrected chi connectivity index (χ0v) is 7.20. The molecule has 0 aromatic carbocycles. The second-order valence-electron chi connectivity index (χ2n) is 2.11. The highest BCUT2D eigenvalue weighted by molar-refractivity contribution is 7.16. The lowest BCUT2D eigenvalue weighted by atomic mass is 10.3. The lowest BCUT2D eigenvalue weighted by Gasteiger charge is -1.94. The summed E-state index contributed by atoms with van der Waals surface area (Å²) in [5, 5.41) is 0.642. The summed E-state index contributed by atoms with van der Waals surface area (Å²) < 4.78 is 4.54. The molecule has 4 heteroatoms. The third-order valence-corrected chi connectivity index (χ3v) is 2.22. The summed E-state index contributed by atoms with van der Waals surface area (Å²) in [7, 11) is 1.36. The molecule has 1 rings (SSSR count). The molecule has 0 aliphatic rings. The van der Waals surface area contributed by atoms with Crippen LogP contribution in [0.4, 0.5) is 5.00 Å². The minimum absolute atomic E-state index is 0.324. The third kappa shape index (κ3) is 1.51. The van der Waals surface area contributed by atoms with Gasteiger partial charge in [0.1, 0.15) is 0 Å². The predicted octanol–water partition coefficient (Wildman–Crippen LogP) is 1.43. The van der Waals surface area contributed by atoms with Crippen LogP contribution in [0.15, 0.2) is 6.07 Å². The maximum absolute atomic E-state index is 11.0. The fraction of sp³-hybridized carbons (Fsp3) is 0.286. The Labute approximate surface area is 68.8 Å². The summed E-state index contributed by atoms with van der Waals surface area (Å²) in [5.74, 6) is -0.324. The number of methoxy groups -OCH3 is 1. The zero-order chi connectivity index (χ0) is 8.43. The van der Waals surface area contributed by atoms with E-state index in [-0.39, 0.29) is 5.97 Å². The lowest BCUT2D eigenvalue weighted by Crippen LogP contribution is -2.00. The van der Waals surface area contributed by atoms with E-state index in [1.807, 2.05) is 6.92 Å². The fourth-order valence-electron chi connectivity index (χ4n) is 0.818. The summed E-state index contributed by atoms with van der Waals surface area (Å²) in [6.07, 6.45) is 0. The number of ether oxygens (including phenoxy) is 1. The molecule has 0 fully saturated rings. The summed E-state index contributed by atoms with van der Waals surface area (Å²) in [6, 6.07) is 1.63. The Morgan fingerprint density at radius 2 is 2.36 bits per heavy atom. The molecule has 11 heavy (non-hydrogen) atoms. The molecule has 0 amide bonds. The van der Waals surface area contributed by atoms with Crippen molar-refractivity contribution in [3.8, 4) is 0 Å². The molecule has 0 aliphatic heterocycles. The molecule has 0 saturated heterocycles. The van der Waals surface area contributed by atoms with E-state index < -0.39 is 0 Å². The molecule has 60 valence electrons. The van der Waals surface area contributed by atoms with E-state index in [2.05, 4.69) is 4.74 Å². The summed E-state index contributed by atoms with van der Waals surface area (Å²) >= 11 is 1.39. The molecule has 0 bridgehead atoms. The number of nitrogens with two attached hydrogens (primary N) is 1. The van der Waals surface area contributed by atoms with E-state index in [9.17, 15) is 4.79 Å². The van der Waals surface area contributed by atoms with Crippen LogP contribution in [0.25, 0.3) is 0 Å². The molecule has 1 aromatic rings. The molecule has 1 heterocycles. The van der Waals surface area contributed by atoms with Crippen molar-refractivity contribution in [3.05, 3.63) is 16.5 Å². The van der Waals surface area contributed by atoms with Crippen molar-refractivity contribution in [1.29, 1.82) is 0 Å². The van der Waals surface area contributed by atoms with Crippen molar-refractivity contribution in [2.45, 2.75) is 6.92 Å². The van der Waals surface area contributed by atoms with Crippen LogP contribution in [0, 0.1) is 6.92 Å². The normalized spacial score (nSPS) is 9.64. The molecule has 3 nitrogen and oxygen atoms in total. The first-order valence-electron chi connectivity index (χ1n) is 3.09. The fourth-order valence-corrected chi connectivity index (χ4v) is 1.60.